The molecule has 0 atom stereocenters. The van der Waals surface area contributed by atoms with Gasteiger partial charge in [-0.2, -0.15) is 15.1 Å². The Kier molecular flexibility index (Phi) is 5.40. The van der Waals surface area contributed by atoms with Gasteiger partial charge in [-0.3, -0.25) is 9.48 Å². The van der Waals surface area contributed by atoms with E-state index in [1.165, 1.54) is 6.26 Å². The number of carbonyl (C=O) groups excluding carboxylic acids is 1. The number of piperazine rings is 1. The van der Waals surface area contributed by atoms with Crippen molar-refractivity contribution >= 4 is 40.3 Å². The van der Waals surface area contributed by atoms with Gasteiger partial charge in [-0.25, -0.2) is 0 Å². The van der Waals surface area contributed by atoms with Gasteiger partial charge in [-0.1, -0.05) is 23.7 Å². The number of hydrogen-bond acceptors (Lipinski definition) is 7. The highest BCUT2D eigenvalue weighted by molar-refractivity contribution is 6.30. The van der Waals surface area contributed by atoms with Crippen molar-refractivity contribution in [3.8, 4) is 0 Å². The zero-order valence-electron chi connectivity index (χ0n) is 17.5. The average Bonchev–Trinajstić information content (AvgIpc) is 3.49. The van der Waals surface area contributed by atoms with E-state index in [1.54, 1.807) is 27.9 Å². The summed E-state index contributed by atoms with van der Waals surface area (Å²) >= 11 is 5.99. The molecule has 1 saturated heterocycles. The van der Waals surface area contributed by atoms with Crippen LogP contribution in [0.1, 0.15) is 16.1 Å². The van der Waals surface area contributed by atoms with Crippen molar-refractivity contribution in [2.45, 2.75) is 6.54 Å². The molecule has 10 heteroatoms. The van der Waals surface area contributed by atoms with E-state index in [1.807, 2.05) is 31.3 Å². The third-order valence-corrected chi connectivity index (χ3v) is 5.79. The fourth-order valence-corrected chi connectivity index (χ4v) is 3.87. The van der Waals surface area contributed by atoms with Crippen LogP contribution in [0.5, 0.6) is 0 Å². The first-order valence-corrected chi connectivity index (χ1v) is 10.7. The third kappa shape index (κ3) is 3.99. The molecule has 3 aromatic heterocycles. The number of amides is 1. The maximum absolute atomic E-state index is 12.5. The first-order chi connectivity index (χ1) is 15.6. The normalized spacial score (nSPS) is 14.2. The first-order valence-electron chi connectivity index (χ1n) is 10.3. The van der Waals surface area contributed by atoms with E-state index < -0.39 is 0 Å². The molecule has 1 amide bonds. The quantitative estimate of drug-likeness (QED) is 0.498. The monoisotopic (exact) mass is 451 g/mol. The number of benzene rings is 1. The minimum Gasteiger partial charge on any atom is -0.459 e. The van der Waals surface area contributed by atoms with E-state index in [0.717, 1.165) is 22.4 Å². The summed E-state index contributed by atoms with van der Waals surface area (Å²) < 4.78 is 6.98. The molecule has 0 aliphatic carbocycles. The fourth-order valence-electron chi connectivity index (χ4n) is 3.74. The molecule has 0 spiro atoms. The summed E-state index contributed by atoms with van der Waals surface area (Å²) in [5.74, 6) is 1.61. The molecule has 0 bridgehead atoms. The summed E-state index contributed by atoms with van der Waals surface area (Å²) in [5, 5.41) is 9.32. The Morgan fingerprint density at radius 3 is 2.62 bits per heavy atom. The van der Waals surface area contributed by atoms with Crippen molar-refractivity contribution in [1.29, 1.82) is 0 Å². The van der Waals surface area contributed by atoms with Crippen LogP contribution in [-0.4, -0.2) is 56.7 Å². The molecule has 4 aromatic rings. The van der Waals surface area contributed by atoms with Crippen molar-refractivity contribution in [3.63, 3.8) is 0 Å². The molecule has 9 nitrogen and oxygen atoms in total. The van der Waals surface area contributed by atoms with Crippen LogP contribution >= 0.6 is 11.6 Å². The number of fused-ring (bicyclic) bond motifs is 1. The summed E-state index contributed by atoms with van der Waals surface area (Å²) in [7, 11) is 1.86. The summed E-state index contributed by atoms with van der Waals surface area (Å²) in [6, 6.07) is 11.1. The number of aromatic nitrogens is 4. The predicted molar refractivity (Wildman–Crippen MR) is 122 cm³/mol. The smallest absolute Gasteiger partial charge is 0.289 e. The van der Waals surface area contributed by atoms with E-state index in [4.69, 9.17) is 26.0 Å². The second kappa shape index (κ2) is 8.51. The fraction of sp³-hybridized carbons (Fsp3) is 0.273. The van der Waals surface area contributed by atoms with Crippen LogP contribution in [0.2, 0.25) is 5.02 Å². The zero-order valence-corrected chi connectivity index (χ0v) is 18.3. The van der Waals surface area contributed by atoms with Gasteiger partial charge in [0.25, 0.3) is 5.91 Å². The highest BCUT2D eigenvalue weighted by atomic mass is 35.5. The number of nitrogens with one attached hydrogen (secondary N) is 1. The molecule has 1 aliphatic heterocycles. The third-order valence-electron chi connectivity index (χ3n) is 5.54. The summed E-state index contributed by atoms with van der Waals surface area (Å²) in [5.41, 5.74) is 1.85. The lowest BCUT2D eigenvalue weighted by Crippen LogP contribution is -2.49. The van der Waals surface area contributed by atoms with E-state index >= 15 is 0 Å². The minimum atomic E-state index is -0.0945. The molecule has 164 valence electrons. The summed E-state index contributed by atoms with van der Waals surface area (Å²) in [4.78, 5) is 25.9. The van der Waals surface area contributed by atoms with E-state index in [-0.39, 0.29) is 5.91 Å². The zero-order chi connectivity index (χ0) is 22.1. The van der Waals surface area contributed by atoms with Crippen LogP contribution < -0.4 is 10.2 Å². The van der Waals surface area contributed by atoms with Gasteiger partial charge in [-0.15, -0.1) is 0 Å². The molecular formula is C22H22ClN7O2. The van der Waals surface area contributed by atoms with Crippen molar-refractivity contribution in [1.82, 2.24) is 24.6 Å². The lowest BCUT2D eigenvalue weighted by Gasteiger charge is -2.34. The SMILES string of the molecule is Cn1ncc2c(NCc3ccc(Cl)cc3)nc(N3CCN(C(=O)c4ccco4)CC3)nc21. The van der Waals surface area contributed by atoms with Crippen molar-refractivity contribution < 1.29 is 9.21 Å². The van der Waals surface area contributed by atoms with E-state index in [2.05, 4.69) is 15.3 Å². The van der Waals surface area contributed by atoms with Gasteiger partial charge in [0, 0.05) is 44.8 Å². The molecule has 0 radical (unpaired) electrons. The van der Waals surface area contributed by atoms with Gasteiger partial charge >= 0.3 is 0 Å². The highest BCUT2D eigenvalue weighted by Gasteiger charge is 2.26. The summed E-state index contributed by atoms with van der Waals surface area (Å²) in [6.45, 7) is 3.00. The van der Waals surface area contributed by atoms with E-state index in [0.29, 0.717) is 49.5 Å². The largest absolute Gasteiger partial charge is 0.459 e. The number of rotatable bonds is 5. The van der Waals surface area contributed by atoms with Crippen molar-refractivity contribution in [2.24, 2.45) is 7.05 Å². The Hall–Kier alpha value is -3.59. The predicted octanol–water partition coefficient (Wildman–Crippen LogP) is 3.18. The molecular weight excluding hydrogens is 430 g/mol. The van der Waals surface area contributed by atoms with Crippen LogP contribution in [0.25, 0.3) is 11.0 Å². The molecule has 1 aliphatic rings. The van der Waals surface area contributed by atoms with Gasteiger partial charge in [0.1, 0.15) is 5.82 Å². The van der Waals surface area contributed by atoms with Crippen LogP contribution in [0, 0.1) is 0 Å². The van der Waals surface area contributed by atoms with Gasteiger partial charge in [-0.05, 0) is 29.8 Å². The first kappa shape index (κ1) is 20.3. The molecule has 0 saturated carbocycles. The average molecular weight is 452 g/mol. The highest BCUT2D eigenvalue weighted by Crippen LogP contribution is 2.25. The topological polar surface area (TPSA) is 92.3 Å². The van der Waals surface area contributed by atoms with Crippen LogP contribution in [0.15, 0.2) is 53.3 Å². The molecule has 0 unspecified atom stereocenters. The van der Waals surface area contributed by atoms with Crippen molar-refractivity contribution in [2.75, 3.05) is 36.4 Å². The Bertz CT molecular complexity index is 1230. The molecule has 5 rings (SSSR count). The summed E-state index contributed by atoms with van der Waals surface area (Å²) in [6.07, 6.45) is 3.28. The van der Waals surface area contributed by atoms with Crippen molar-refractivity contribution in [3.05, 3.63) is 65.2 Å². The Morgan fingerprint density at radius 1 is 1.12 bits per heavy atom. The Labute approximate surface area is 189 Å². The molecule has 4 heterocycles. The van der Waals surface area contributed by atoms with Gasteiger partial charge in [0.2, 0.25) is 5.95 Å². The van der Waals surface area contributed by atoms with Crippen LogP contribution in [-0.2, 0) is 13.6 Å². The number of anilines is 2. The van der Waals surface area contributed by atoms with Gasteiger partial charge in [0.15, 0.2) is 11.4 Å². The second-order valence-corrected chi connectivity index (χ2v) is 8.05. The number of furan rings is 1. The van der Waals surface area contributed by atoms with E-state index in [9.17, 15) is 4.79 Å². The maximum Gasteiger partial charge on any atom is 0.289 e. The molecule has 32 heavy (non-hydrogen) atoms. The van der Waals surface area contributed by atoms with Crippen LogP contribution in [0.4, 0.5) is 11.8 Å². The Morgan fingerprint density at radius 2 is 1.91 bits per heavy atom. The molecule has 1 aromatic carbocycles. The van der Waals surface area contributed by atoms with Crippen LogP contribution in [0.3, 0.4) is 0 Å². The Balaban J connectivity index is 1.34. The number of nitrogens with zero attached hydrogens (tertiary/aromatic N) is 6. The second-order valence-electron chi connectivity index (χ2n) is 7.61. The maximum atomic E-state index is 12.5. The minimum absolute atomic E-state index is 0.0945. The number of carbonyl (C=O) groups is 1. The lowest BCUT2D eigenvalue weighted by atomic mass is 10.2. The lowest BCUT2D eigenvalue weighted by molar-refractivity contribution is 0.0714. The standard InChI is InChI=1S/C22H22ClN7O2/c1-28-20-17(14-25-28)19(24-13-15-4-6-16(23)7-5-15)26-22(27-20)30-10-8-29(9-11-30)21(31)18-3-2-12-32-18/h2-7,12,14H,8-11,13H2,1H3,(H,24,26,27). The molecule has 1 fully saturated rings. The molecule has 1 N–H and O–H groups in total. The number of aryl methyl sites for hydroxylation is 1. The number of hydrogen-bond donors (Lipinski definition) is 1. The van der Waals surface area contributed by atoms with Gasteiger partial charge in [0.05, 0.1) is 17.8 Å². The number of halogens is 1. The van der Waals surface area contributed by atoms with Gasteiger partial charge < -0.3 is 19.5 Å².